The SMILES string of the molecule is CC[C@@H]1CC(Nc2nc(Nc3cc(C)[nH]n3)cc3ncccc23)C[C@H](CC)N1CCC#N. The summed E-state index contributed by atoms with van der Waals surface area (Å²) in [5.41, 5.74) is 1.88. The lowest BCUT2D eigenvalue weighted by atomic mass is 9.88. The molecule has 32 heavy (non-hydrogen) atoms. The normalized spacial score (nSPS) is 21.4. The lowest BCUT2D eigenvalue weighted by Crippen LogP contribution is -2.52. The molecule has 0 radical (unpaired) electrons. The molecule has 0 spiro atoms. The van der Waals surface area contributed by atoms with E-state index in [0.29, 0.717) is 24.5 Å². The van der Waals surface area contributed by atoms with Gasteiger partial charge in [0.1, 0.15) is 11.6 Å². The molecule has 4 rings (SSSR count). The van der Waals surface area contributed by atoms with E-state index in [4.69, 9.17) is 10.2 Å². The van der Waals surface area contributed by atoms with E-state index in [9.17, 15) is 0 Å². The van der Waals surface area contributed by atoms with Gasteiger partial charge in [0.15, 0.2) is 5.82 Å². The zero-order valence-electron chi connectivity index (χ0n) is 19.1. The molecule has 1 aliphatic rings. The van der Waals surface area contributed by atoms with Gasteiger partial charge in [-0.05, 0) is 44.7 Å². The third kappa shape index (κ3) is 4.83. The van der Waals surface area contributed by atoms with Crippen molar-refractivity contribution in [1.29, 1.82) is 5.26 Å². The Morgan fingerprint density at radius 3 is 2.62 bits per heavy atom. The van der Waals surface area contributed by atoms with E-state index < -0.39 is 0 Å². The van der Waals surface area contributed by atoms with Crippen LogP contribution in [0.25, 0.3) is 10.9 Å². The van der Waals surface area contributed by atoms with Gasteiger partial charge in [0.05, 0.1) is 11.6 Å². The fourth-order valence-corrected chi connectivity index (χ4v) is 4.84. The van der Waals surface area contributed by atoms with Gasteiger partial charge in [-0.15, -0.1) is 0 Å². The van der Waals surface area contributed by atoms with Crippen LogP contribution in [0.1, 0.15) is 51.6 Å². The second kappa shape index (κ2) is 9.96. The molecule has 3 atom stereocenters. The number of H-pyrrole nitrogens is 1. The molecule has 0 aliphatic carbocycles. The third-order valence-corrected chi connectivity index (χ3v) is 6.38. The lowest BCUT2D eigenvalue weighted by molar-refractivity contribution is 0.0735. The van der Waals surface area contributed by atoms with Gasteiger partial charge in [-0.25, -0.2) is 4.98 Å². The Balaban J connectivity index is 1.59. The molecule has 168 valence electrons. The number of nitrogens with zero attached hydrogens (tertiary/aromatic N) is 5. The van der Waals surface area contributed by atoms with Crippen molar-refractivity contribution in [2.24, 2.45) is 0 Å². The number of aryl methyl sites for hydroxylation is 1. The van der Waals surface area contributed by atoms with Crippen LogP contribution in [-0.2, 0) is 0 Å². The van der Waals surface area contributed by atoms with Crippen LogP contribution in [0.4, 0.5) is 17.5 Å². The molecular formula is C24H32N8. The van der Waals surface area contributed by atoms with E-state index in [1.165, 1.54) is 0 Å². The first-order chi connectivity index (χ1) is 15.6. The number of nitrogens with one attached hydrogen (secondary N) is 3. The van der Waals surface area contributed by atoms with Gasteiger partial charge in [-0.1, -0.05) is 13.8 Å². The van der Waals surface area contributed by atoms with Crippen molar-refractivity contribution in [1.82, 2.24) is 25.1 Å². The second-order valence-electron chi connectivity index (χ2n) is 8.57. The van der Waals surface area contributed by atoms with Gasteiger partial charge in [-0.3, -0.25) is 15.0 Å². The predicted octanol–water partition coefficient (Wildman–Crippen LogP) is 4.75. The van der Waals surface area contributed by atoms with E-state index in [-0.39, 0.29) is 0 Å². The molecule has 8 heteroatoms. The Bertz CT molecular complexity index is 1070. The molecule has 0 bridgehead atoms. The maximum atomic E-state index is 9.08. The molecule has 1 saturated heterocycles. The summed E-state index contributed by atoms with van der Waals surface area (Å²) in [6, 6.07) is 11.5. The van der Waals surface area contributed by atoms with Crippen molar-refractivity contribution < 1.29 is 0 Å². The van der Waals surface area contributed by atoms with Gasteiger partial charge < -0.3 is 10.6 Å². The van der Waals surface area contributed by atoms with Crippen LogP contribution in [0, 0.1) is 18.3 Å². The van der Waals surface area contributed by atoms with Crippen LogP contribution in [-0.4, -0.2) is 49.7 Å². The molecule has 4 heterocycles. The molecule has 1 fully saturated rings. The summed E-state index contributed by atoms with van der Waals surface area (Å²) in [5, 5.41) is 24.4. The van der Waals surface area contributed by atoms with Crippen LogP contribution in [0.3, 0.4) is 0 Å². The van der Waals surface area contributed by atoms with Crippen LogP contribution in [0.15, 0.2) is 30.5 Å². The average molecular weight is 433 g/mol. The molecule has 1 aliphatic heterocycles. The zero-order chi connectivity index (χ0) is 22.5. The standard InChI is InChI=1S/C24H32N8/c1-4-18-13-17(14-19(5-2)32(18)11-7-9-25)27-24-20-8-6-10-26-21(20)15-22(29-24)28-23-12-16(3)30-31-23/h6,8,10,12,15,17-19H,4-5,7,11,13-14H2,1-3H3,(H3,27,28,29,30,31)/t17?,18-,19+. The van der Waals surface area contributed by atoms with Crippen LogP contribution < -0.4 is 10.6 Å². The number of fused-ring (bicyclic) bond motifs is 1. The highest BCUT2D eigenvalue weighted by Gasteiger charge is 2.33. The molecule has 3 N–H and O–H groups in total. The monoisotopic (exact) mass is 432 g/mol. The van der Waals surface area contributed by atoms with Crippen molar-refractivity contribution in [3.8, 4) is 6.07 Å². The number of aromatic nitrogens is 4. The summed E-state index contributed by atoms with van der Waals surface area (Å²) in [6.45, 7) is 7.31. The van der Waals surface area contributed by atoms with Gasteiger partial charge in [0.2, 0.25) is 0 Å². The summed E-state index contributed by atoms with van der Waals surface area (Å²) in [4.78, 5) is 12.0. The van der Waals surface area contributed by atoms with Crippen molar-refractivity contribution >= 4 is 28.4 Å². The van der Waals surface area contributed by atoms with Gasteiger partial charge in [-0.2, -0.15) is 10.4 Å². The van der Waals surface area contributed by atoms with E-state index in [0.717, 1.165) is 66.3 Å². The number of nitriles is 1. The fourth-order valence-electron chi connectivity index (χ4n) is 4.84. The first-order valence-electron chi connectivity index (χ1n) is 11.5. The summed E-state index contributed by atoms with van der Waals surface area (Å²) >= 11 is 0. The number of likely N-dealkylation sites (tertiary alicyclic amines) is 1. The number of aromatic amines is 1. The molecular weight excluding hydrogens is 400 g/mol. The third-order valence-electron chi connectivity index (χ3n) is 6.38. The quantitative estimate of drug-likeness (QED) is 0.471. The van der Waals surface area contributed by atoms with E-state index >= 15 is 0 Å². The molecule has 0 aromatic carbocycles. The van der Waals surface area contributed by atoms with E-state index in [1.807, 2.05) is 31.3 Å². The Hall–Kier alpha value is -3.18. The first kappa shape index (κ1) is 22.0. The van der Waals surface area contributed by atoms with E-state index in [2.05, 4.69) is 56.7 Å². The highest BCUT2D eigenvalue weighted by molar-refractivity contribution is 5.91. The molecule has 0 amide bonds. The minimum atomic E-state index is 0.321. The number of hydrogen-bond acceptors (Lipinski definition) is 7. The van der Waals surface area contributed by atoms with Crippen LogP contribution in [0.5, 0.6) is 0 Å². The van der Waals surface area contributed by atoms with Gasteiger partial charge in [0, 0.05) is 60.5 Å². The minimum absolute atomic E-state index is 0.321. The van der Waals surface area contributed by atoms with Gasteiger partial charge in [0.25, 0.3) is 0 Å². The number of piperidine rings is 1. The molecule has 1 unspecified atom stereocenters. The van der Waals surface area contributed by atoms with Crippen molar-refractivity contribution in [2.75, 3.05) is 17.2 Å². The number of hydrogen-bond donors (Lipinski definition) is 3. The number of anilines is 3. The summed E-state index contributed by atoms with van der Waals surface area (Å²) in [6.07, 6.45) is 6.63. The molecule has 0 saturated carbocycles. The molecule has 3 aromatic heterocycles. The molecule has 3 aromatic rings. The summed E-state index contributed by atoms with van der Waals surface area (Å²) in [7, 11) is 0. The Morgan fingerprint density at radius 1 is 1.19 bits per heavy atom. The highest BCUT2D eigenvalue weighted by atomic mass is 15.2. The van der Waals surface area contributed by atoms with Crippen LogP contribution >= 0.6 is 0 Å². The highest BCUT2D eigenvalue weighted by Crippen LogP contribution is 2.31. The lowest BCUT2D eigenvalue weighted by Gasteiger charge is -2.45. The van der Waals surface area contributed by atoms with Gasteiger partial charge >= 0.3 is 0 Å². The second-order valence-corrected chi connectivity index (χ2v) is 8.57. The Morgan fingerprint density at radius 2 is 1.97 bits per heavy atom. The van der Waals surface area contributed by atoms with Crippen LogP contribution in [0.2, 0.25) is 0 Å². The summed E-state index contributed by atoms with van der Waals surface area (Å²) in [5.74, 6) is 2.31. The smallest absolute Gasteiger partial charge is 0.153 e. The van der Waals surface area contributed by atoms with Crippen molar-refractivity contribution in [2.45, 2.75) is 71.0 Å². The van der Waals surface area contributed by atoms with Crippen molar-refractivity contribution in [3.05, 3.63) is 36.2 Å². The Labute approximate surface area is 189 Å². The van der Waals surface area contributed by atoms with Crippen molar-refractivity contribution in [3.63, 3.8) is 0 Å². The minimum Gasteiger partial charge on any atom is -0.367 e. The first-order valence-corrected chi connectivity index (χ1v) is 11.5. The maximum absolute atomic E-state index is 9.08. The predicted molar refractivity (Wildman–Crippen MR) is 128 cm³/mol. The van der Waals surface area contributed by atoms with E-state index in [1.54, 1.807) is 0 Å². The number of rotatable bonds is 8. The number of pyridine rings is 2. The zero-order valence-corrected chi connectivity index (χ0v) is 19.1. The molecule has 8 nitrogen and oxygen atoms in total. The average Bonchev–Trinajstić information content (AvgIpc) is 3.21. The topological polar surface area (TPSA) is 106 Å². The summed E-state index contributed by atoms with van der Waals surface area (Å²) < 4.78 is 0. The maximum Gasteiger partial charge on any atom is 0.153 e. The largest absolute Gasteiger partial charge is 0.367 e. The Kier molecular flexibility index (Phi) is 6.86. The fraction of sp³-hybridized carbons (Fsp3) is 0.500.